The van der Waals surface area contributed by atoms with E-state index in [0.29, 0.717) is 12.1 Å². The molecular weight excluding hydrogens is 461 g/mol. The van der Waals surface area contributed by atoms with Gasteiger partial charge >= 0.3 is 5.97 Å². The first-order chi connectivity index (χ1) is 12.0. The van der Waals surface area contributed by atoms with Gasteiger partial charge in [-0.3, -0.25) is 4.99 Å². The predicted molar refractivity (Wildman–Crippen MR) is 119 cm³/mol. The van der Waals surface area contributed by atoms with Gasteiger partial charge in [0.15, 0.2) is 5.96 Å². The minimum absolute atomic E-state index is 0. The fraction of sp³-hybridized carbons (Fsp3) is 0.368. The van der Waals surface area contributed by atoms with Gasteiger partial charge in [0, 0.05) is 35.8 Å². The Hall–Kier alpha value is -1.61. The van der Waals surface area contributed by atoms with Crippen molar-refractivity contribution in [2.45, 2.75) is 32.9 Å². The quantitative estimate of drug-likeness (QED) is 0.282. The van der Waals surface area contributed by atoms with Gasteiger partial charge < -0.3 is 15.4 Å². The van der Waals surface area contributed by atoms with Crippen molar-refractivity contribution in [2.75, 3.05) is 14.2 Å². The summed E-state index contributed by atoms with van der Waals surface area (Å²) in [6.45, 7) is 4.90. The number of rotatable bonds is 6. The first-order valence-electron chi connectivity index (χ1n) is 8.21. The van der Waals surface area contributed by atoms with Crippen molar-refractivity contribution >= 4 is 47.2 Å². The number of carbonyl (C=O) groups is 1. The summed E-state index contributed by atoms with van der Waals surface area (Å²) in [5.41, 5.74) is 1.62. The SMILES string of the molecule is CN=C(NCc1ccc(C(=O)OC)cc1)NC(C)Cc1ccc(C)s1.I. The molecule has 5 nitrogen and oxygen atoms in total. The highest BCUT2D eigenvalue weighted by atomic mass is 127. The third-order valence-corrected chi connectivity index (χ3v) is 4.77. The number of halogens is 1. The molecule has 0 fully saturated rings. The minimum atomic E-state index is -0.324. The van der Waals surface area contributed by atoms with Crippen molar-refractivity contribution in [2.24, 2.45) is 4.99 Å². The zero-order valence-electron chi connectivity index (χ0n) is 15.5. The summed E-state index contributed by atoms with van der Waals surface area (Å²) in [5.74, 6) is 0.437. The lowest BCUT2D eigenvalue weighted by atomic mass is 10.1. The van der Waals surface area contributed by atoms with Crippen LogP contribution in [-0.2, 0) is 17.7 Å². The standard InChI is InChI=1S/C19H25N3O2S.HI/c1-13(11-17-10-5-14(2)25-17)22-19(20-3)21-12-15-6-8-16(9-7-15)18(23)24-4;/h5-10,13H,11-12H2,1-4H3,(H2,20,21,22);1H. The smallest absolute Gasteiger partial charge is 0.337 e. The average molecular weight is 487 g/mol. The van der Waals surface area contributed by atoms with Gasteiger partial charge in [0.2, 0.25) is 0 Å². The molecule has 0 saturated heterocycles. The Morgan fingerprint density at radius 3 is 2.46 bits per heavy atom. The Labute approximate surface area is 176 Å². The van der Waals surface area contributed by atoms with Crippen LogP contribution in [-0.4, -0.2) is 32.1 Å². The van der Waals surface area contributed by atoms with Crippen LogP contribution in [0, 0.1) is 6.92 Å². The Morgan fingerprint density at radius 2 is 1.92 bits per heavy atom. The van der Waals surface area contributed by atoms with Gasteiger partial charge in [0.05, 0.1) is 12.7 Å². The first-order valence-corrected chi connectivity index (χ1v) is 9.03. The predicted octanol–water partition coefficient (Wildman–Crippen LogP) is 3.76. The second kappa shape index (κ2) is 11.2. The number of esters is 1. The maximum atomic E-state index is 11.4. The number of nitrogens with zero attached hydrogens (tertiary/aromatic N) is 1. The van der Waals surface area contributed by atoms with E-state index >= 15 is 0 Å². The molecule has 1 unspecified atom stereocenters. The molecular formula is C19H26IN3O2S. The number of ether oxygens (including phenoxy) is 1. The Balaban J connectivity index is 0.00000338. The van der Waals surface area contributed by atoms with Crippen molar-refractivity contribution in [3.63, 3.8) is 0 Å². The number of hydrogen-bond acceptors (Lipinski definition) is 4. The van der Waals surface area contributed by atoms with E-state index < -0.39 is 0 Å². The van der Waals surface area contributed by atoms with E-state index in [4.69, 9.17) is 4.74 Å². The number of carbonyl (C=O) groups excluding carboxylic acids is 1. The monoisotopic (exact) mass is 487 g/mol. The molecule has 0 aliphatic rings. The second-order valence-corrected chi connectivity index (χ2v) is 7.25. The molecule has 142 valence electrons. The van der Waals surface area contributed by atoms with E-state index in [0.717, 1.165) is 17.9 Å². The van der Waals surface area contributed by atoms with Crippen molar-refractivity contribution in [1.29, 1.82) is 0 Å². The topological polar surface area (TPSA) is 62.7 Å². The highest BCUT2D eigenvalue weighted by molar-refractivity contribution is 14.0. The van der Waals surface area contributed by atoms with Gasteiger partial charge in [-0.15, -0.1) is 35.3 Å². The highest BCUT2D eigenvalue weighted by Gasteiger charge is 2.08. The van der Waals surface area contributed by atoms with Crippen molar-refractivity contribution in [3.8, 4) is 0 Å². The van der Waals surface area contributed by atoms with Crippen LogP contribution in [0.15, 0.2) is 41.4 Å². The van der Waals surface area contributed by atoms with Crippen LogP contribution >= 0.6 is 35.3 Å². The van der Waals surface area contributed by atoms with Crippen LogP contribution in [0.2, 0.25) is 0 Å². The summed E-state index contributed by atoms with van der Waals surface area (Å²) in [5, 5.41) is 6.70. The molecule has 26 heavy (non-hydrogen) atoms. The summed E-state index contributed by atoms with van der Waals surface area (Å²) in [4.78, 5) is 18.4. The molecule has 1 aromatic carbocycles. The lowest BCUT2D eigenvalue weighted by Gasteiger charge is -2.17. The molecule has 1 atom stereocenters. The van der Waals surface area contributed by atoms with E-state index in [1.165, 1.54) is 16.9 Å². The molecule has 0 amide bonds. The Kier molecular flexibility index (Phi) is 9.64. The fourth-order valence-corrected chi connectivity index (χ4v) is 3.46. The molecule has 1 aromatic heterocycles. The molecule has 1 heterocycles. The van der Waals surface area contributed by atoms with Crippen LogP contribution in [0.5, 0.6) is 0 Å². The molecule has 0 bridgehead atoms. The van der Waals surface area contributed by atoms with Crippen LogP contribution in [0.25, 0.3) is 0 Å². The number of benzene rings is 1. The van der Waals surface area contributed by atoms with E-state index in [2.05, 4.69) is 41.6 Å². The van der Waals surface area contributed by atoms with E-state index in [9.17, 15) is 4.79 Å². The van der Waals surface area contributed by atoms with Gasteiger partial charge in [0.1, 0.15) is 0 Å². The van der Waals surface area contributed by atoms with Crippen LogP contribution < -0.4 is 10.6 Å². The number of guanidine groups is 1. The third-order valence-electron chi connectivity index (χ3n) is 3.75. The van der Waals surface area contributed by atoms with E-state index in [1.54, 1.807) is 19.2 Å². The van der Waals surface area contributed by atoms with Crippen molar-refractivity contribution in [1.82, 2.24) is 10.6 Å². The summed E-state index contributed by atoms with van der Waals surface area (Å²) in [6.07, 6.45) is 0.965. The molecule has 2 aromatic rings. The summed E-state index contributed by atoms with van der Waals surface area (Å²) >= 11 is 1.83. The van der Waals surface area contributed by atoms with Crippen molar-refractivity contribution < 1.29 is 9.53 Å². The molecule has 0 aliphatic carbocycles. The van der Waals surface area contributed by atoms with E-state index in [-0.39, 0.29) is 36.0 Å². The van der Waals surface area contributed by atoms with Gasteiger partial charge in [-0.2, -0.15) is 0 Å². The molecule has 0 aliphatic heterocycles. The summed E-state index contributed by atoms with van der Waals surface area (Å²) in [6, 6.07) is 12.0. The normalized spacial score (nSPS) is 12.1. The molecule has 0 radical (unpaired) electrons. The summed E-state index contributed by atoms with van der Waals surface area (Å²) in [7, 11) is 3.14. The maximum absolute atomic E-state index is 11.4. The lowest BCUT2D eigenvalue weighted by Crippen LogP contribution is -2.42. The zero-order chi connectivity index (χ0) is 18.2. The number of aryl methyl sites for hydroxylation is 1. The van der Waals surface area contributed by atoms with Crippen molar-refractivity contribution in [3.05, 3.63) is 57.3 Å². The molecule has 0 spiro atoms. The number of nitrogens with one attached hydrogen (secondary N) is 2. The molecule has 7 heteroatoms. The molecule has 0 saturated carbocycles. The zero-order valence-corrected chi connectivity index (χ0v) is 18.7. The fourth-order valence-electron chi connectivity index (χ4n) is 2.44. The second-order valence-electron chi connectivity index (χ2n) is 5.88. The Bertz CT molecular complexity index is 729. The Morgan fingerprint density at radius 1 is 1.23 bits per heavy atom. The lowest BCUT2D eigenvalue weighted by molar-refractivity contribution is 0.0600. The largest absolute Gasteiger partial charge is 0.465 e. The number of hydrogen-bond donors (Lipinski definition) is 2. The highest BCUT2D eigenvalue weighted by Crippen LogP contribution is 2.16. The van der Waals surface area contributed by atoms with Gasteiger partial charge in [-0.25, -0.2) is 4.79 Å². The summed E-state index contributed by atoms with van der Waals surface area (Å²) < 4.78 is 4.70. The number of thiophene rings is 1. The van der Waals surface area contributed by atoms with Gasteiger partial charge in [-0.1, -0.05) is 12.1 Å². The molecule has 2 N–H and O–H groups in total. The number of aliphatic imine (C=N–C) groups is 1. The minimum Gasteiger partial charge on any atom is -0.465 e. The number of methoxy groups -OCH3 is 1. The van der Waals surface area contributed by atoms with E-state index in [1.807, 2.05) is 23.5 Å². The molecule has 2 rings (SSSR count). The third kappa shape index (κ3) is 6.95. The first kappa shape index (κ1) is 22.4. The van der Waals surface area contributed by atoms with Gasteiger partial charge in [-0.05, 0) is 43.7 Å². The van der Waals surface area contributed by atoms with Crippen LogP contribution in [0.1, 0.15) is 32.6 Å². The average Bonchev–Trinajstić information content (AvgIpc) is 3.02. The van der Waals surface area contributed by atoms with Gasteiger partial charge in [0.25, 0.3) is 0 Å². The van der Waals surface area contributed by atoms with Crippen LogP contribution in [0.4, 0.5) is 0 Å². The maximum Gasteiger partial charge on any atom is 0.337 e. The van der Waals surface area contributed by atoms with Crippen LogP contribution in [0.3, 0.4) is 0 Å².